The molecule has 1 aliphatic rings. The molecular weight excluding hydrogens is 136 g/mol. The van der Waals surface area contributed by atoms with E-state index in [1.54, 1.807) is 0 Å². The first-order chi connectivity index (χ1) is 5.21. The third kappa shape index (κ3) is 2.17. The van der Waals surface area contributed by atoms with E-state index in [4.69, 9.17) is 5.73 Å². The van der Waals surface area contributed by atoms with E-state index >= 15 is 0 Å². The Morgan fingerprint density at radius 2 is 1.91 bits per heavy atom. The van der Waals surface area contributed by atoms with Gasteiger partial charge in [-0.05, 0) is 46.3 Å². The van der Waals surface area contributed by atoms with E-state index in [-0.39, 0.29) is 0 Å². The van der Waals surface area contributed by atoms with Crippen LogP contribution in [0.25, 0.3) is 0 Å². The first-order valence-electron chi connectivity index (χ1n) is 4.59. The minimum absolute atomic E-state index is 0.579. The van der Waals surface area contributed by atoms with Crippen LogP contribution in [0.15, 0.2) is 0 Å². The average molecular weight is 156 g/mol. The molecule has 0 heterocycles. The van der Waals surface area contributed by atoms with Crippen molar-refractivity contribution in [2.45, 2.75) is 37.6 Å². The summed E-state index contributed by atoms with van der Waals surface area (Å²) in [5.74, 6) is 0. The Kier molecular flexibility index (Phi) is 2.90. The Bertz CT molecular complexity index is 117. The second-order valence-corrected chi connectivity index (χ2v) is 3.86. The van der Waals surface area contributed by atoms with Crippen LogP contribution in [-0.4, -0.2) is 31.1 Å². The summed E-state index contributed by atoms with van der Waals surface area (Å²) < 4.78 is 0. The second-order valence-electron chi connectivity index (χ2n) is 3.86. The van der Waals surface area contributed by atoms with Gasteiger partial charge in [-0.3, -0.25) is 0 Å². The molecule has 1 fully saturated rings. The smallest absolute Gasteiger partial charge is 0.0204 e. The van der Waals surface area contributed by atoms with E-state index in [9.17, 15) is 0 Å². The predicted octanol–water partition coefficient (Wildman–Crippen LogP) is 1.21. The summed E-state index contributed by atoms with van der Waals surface area (Å²) in [4.78, 5) is 2.38. The zero-order valence-electron chi connectivity index (χ0n) is 7.77. The largest absolute Gasteiger partial charge is 0.330 e. The van der Waals surface area contributed by atoms with Crippen LogP contribution in [0.1, 0.15) is 32.1 Å². The van der Waals surface area contributed by atoms with Crippen LogP contribution in [0.5, 0.6) is 0 Å². The summed E-state index contributed by atoms with van der Waals surface area (Å²) in [5, 5.41) is 0. The molecule has 1 saturated carbocycles. The van der Waals surface area contributed by atoms with E-state index in [0.29, 0.717) is 5.54 Å². The second kappa shape index (κ2) is 3.55. The maximum Gasteiger partial charge on any atom is 0.0204 e. The van der Waals surface area contributed by atoms with Crippen molar-refractivity contribution in [3.05, 3.63) is 0 Å². The van der Waals surface area contributed by atoms with Gasteiger partial charge >= 0.3 is 0 Å². The van der Waals surface area contributed by atoms with Crippen molar-refractivity contribution < 1.29 is 0 Å². The maximum absolute atomic E-state index is 5.44. The molecule has 0 aromatic rings. The number of unbranched alkanes of at least 4 members (excludes halogenated alkanes) is 1. The lowest BCUT2D eigenvalue weighted by Crippen LogP contribution is -2.29. The van der Waals surface area contributed by atoms with Crippen molar-refractivity contribution >= 4 is 0 Å². The van der Waals surface area contributed by atoms with Crippen LogP contribution >= 0.6 is 0 Å². The van der Waals surface area contributed by atoms with Crippen LogP contribution in [0.4, 0.5) is 0 Å². The fourth-order valence-electron chi connectivity index (χ4n) is 1.66. The minimum atomic E-state index is 0.579. The molecule has 1 aliphatic carbocycles. The number of hydrogen-bond acceptors (Lipinski definition) is 2. The van der Waals surface area contributed by atoms with Crippen LogP contribution in [-0.2, 0) is 0 Å². The molecule has 11 heavy (non-hydrogen) atoms. The van der Waals surface area contributed by atoms with Gasteiger partial charge in [0.2, 0.25) is 0 Å². The lowest BCUT2D eigenvalue weighted by atomic mass is 10.1. The monoisotopic (exact) mass is 156 g/mol. The summed E-state index contributed by atoms with van der Waals surface area (Å²) in [5.41, 5.74) is 6.02. The van der Waals surface area contributed by atoms with Crippen molar-refractivity contribution in [3.8, 4) is 0 Å². The Balaban J connectivity index is 2.14. The van der Waals surface area contributed by atoms with Gasteiger partial charge in [0.1, 0.15) is 0 Å². The fourth-order valence-corrected chi connectivity index (χ4v) is 1.66. The maximum atomic E-state index is 5.44. The van der Waals surface area contributed by atoms with E-state index < -0.39 is 0 Å². The van der Waals surface area contributed by atoms with Crippen LogP contribution in [0, 0.1) is 0 Å². The highest BCUT2D eigenvalue weighted by atomic mass is 15.2. The molecule has 0 saturated heterocycles. The molecule has 66 valence electrons. The van der Waals surface area contributed by atoms with Crippen molar-refractivity contribution in [1.29, 1.82) is 0 Å². The van der Waals surface area contributed by atoms with Crippen LogP contribution in [0.3, 0.4) is 0 Å². The number of rotatable bonds is 5. The van der Waals surface area contributed by atoms with Gasteiger partial charge in [0.15, 0.2) is 0 Å². The van der Waals surface area contributed by atoms with E-state index in [0.717, 1.165) is 6.54 Å². The molecule has 0 radical (unpaired) electrons. The van der Waals surface area contributed by atoms with Gasteiger partial charge in [-0.25, -0.2) is 0 Å². The SMILES string of the molecule is CN(C)C1(CCCCN)CC1. The van der Waals surface area contributed by atoms with Gasteiger partial charge in [0.25, 0.3) is 0 Å². The summed E-state index contributed by atoms with van der Waals surface area (Å²) >= 11 is 0. The normalized spacial score (nSPS) is 20.7. The lowest BCUT2D eigenvalue weighted by molar-refractivity contribution is 0.250. The molecule has 0 bridgehead atoms. The molecular formula is C9H20N2. The highest BCUT2D eigenvalue weighted by Gasteiger charge is 2.43. The lowest BCUT2D eigenvalue weighted by Gasteiger charge is -2.23. The Labute approximate surface area is 69.8 Å². The van der Waals surface area contributed by atoms with Crippen molar-refractivity contribution in [2.75, 3.05) is 20.6 Å². The highest BCUT2D eigenvalue weighted by molar-refractivity contribution is 5.01. The fraction of sp³-hybridized carbons (Fsp3) is 1.00. The zero-order valence-corrected chi connectivity index (χ0v) is 7.77. The van der Waals surface area contributed by atoms with Gasteiger partial charge in [-0.2, -0.15) is 0 Å². The zero-order chi connectivity index (χ0) is 8.32. The highest BCUT2D eigenvalue weighted by Crippen LogP contribution is 2.44. The summed E-state index contributed by atoms with van der Waals surface area (Å²) in [6, 6.07) is 0. The third-order valence-corrected chi connectivity index (χ3v) is 2.87. The van der Waals surface area contributed by atoms with Gasteiger partial charge in [0, 0.05) is 5.54 Å². The van der Waals surface area contributed by atoms with Crippen LogP contribution in [0.2, 0.25) is 0 Å². The van der Waals surface area contributed by atoms with Crippen molar-refractivity contribution in [1.82, 2.24) is 4.90 Å². The Hall–Kier alpha value is -0.0800. The molecule has 0 aliphatic heterocycles. The standard InChI is InChI=1S/C9H20N2/c1-11(2)9(6-7-9)5-3-4-8-10/h3-8,10H2,1-2H3. The summed E-state index contributed by atoms with van der Waals surface area (Å²) in [6.45, 7) is 0.851. The molecule has 1 rings (SSSR count). The van der Waals surface area contributed by atoms with Crippen LogP contribution < -0.4 is 5.73 Å². The molecule has 0 spiro atoms. The predicted molar refractivity (Wildman–Crippen MR) is 48.6 cm³/mol. The molecule has 0 atom stereocenters. The molecule has 2 nitrogen and oxygen atoms in total. The Morgan fingerprint density at radius 1 is 1.27 bits per heavy atom. The number of hydrogen-bond donors (Lipinski definition) is 1. The quantitative estimate of drug-likeness (QED) is 0.606. The summed E-state index contributed by atoms with van der Waals surface area (Å²) in [6.07, 6.45) is 6.62. The van der Waals surface area contributed by atoms with Crippen molar-refractivity contribution in [3.63, 3.8) is 0 Å². The summed E-state index contributed by atoms with van der Waals surface area (Å²) in [7, 11) is 4.38. The molecule has 0 amide bonds. The first-order valence-corrected chi connectivity index (χ1v) is 4.59. The van der Waals surface area contributed by atoms with Crippen molar-refractivity contribution in [2.24, 2.45) is 5.73 Å². The third-order valence-electron chi connectivity index (χ3n) is 2.87. The van der Waals surface area contributed by atoms with E-state index in [2.05, 4.69) is 19.0 Å². The number of nitrogens with two attached hydrogens (primary N) is 1. The van der Waals surface area contributed by atoms with E-state index in [1.807, 2.05) is 0 Å². The van der Waals surface area contributed by atoms with Gasteiger partial charge in [0.05, 0.1) is 0 Å². The minimum Gasteiger partial charge on any atom is -0.330 e. The van der Waals surface area contributed by atoms with Gasteiger partial charge in [-0.1, -0.05) is 6.42 Å². The molecule has 2 heteroatoms. The number of nitrogens with zero attached hydrogens (tertiary/aromatic N) is 1. The Morgan fingerprint density at radius 3 is 2.27 bits per heavy atom. The average Bonchev–Trinajstić information content (AvgIpc) is 2.70. The van der Waals surface area contributed by atoms with Gasteiger partial charge in [-0.15, -0.1) is 0 Å². The topological polar surface area (TPSA) is 29.3 Å². The molecule has 0 aromatic carbocycles. The first kappa shape index (κ1) is 9.01. The molecule has 0 aromatic heterocycles. The molecule has 0 unspecified atom stereocenters. The van der Waals surface area contributed by atoms with E-state index in [1.165, 1.54) is 32.1 Å². The van der Waals surface area contributed by atoms with Gasteiger partial charge < -0.3 is 10.6 Å². The molecule has 2 N–H and O–H groups in total.